The molecule has 9 nitrogen and oxygen atoms in total. The molecule has 1 heterocycles. The summed E-state index contributed by atoms with van der Waals surface area (Å²) in [6.07, 6.45) is 1.57. The van der Waals surface area contributed by atoms with Crippen LogP contribution >= 0.6 is 24.0 Å². The third-order valence-electron chi connectivity index (χ3n) is 4.27. The van der Waals surface area contributed by atoms with Gasteiger partial charge in [0, 0.05) is 32.5 Å². The number of methoxy groups -OCH3 is 3. The second-order valence-electron chi connectivity index (χ2n) is 6.69. The Labute approximate surface area is 195 Å². The van der Waals surface area contributed by atoms with Crippen LogP contribution in [0.4, 0.5) is 0 Å². The topological polar surface area (TPSA) is 103 Å². The van der Waals surface area contributed by atoms with E-state index in [4.69, 9.17) is 18.7 Å². The molecule has 30 heavy (non-hydrogen) atoms. The van der Waals surface area contributed by atoms with Crippen molar-refractivity contribution in [2.24, 2.45) is 4.99 Å². The van der Waals surface area contributed by atoms with Crippen molar-refractivity contribution in [2.75, 3.05) is 34.9 Å². The highest BCUT2D eigenvalue weighted by atomic mass is 127. The van der Waals surface area contributed by atoms with E-state index in [0.29, 0.717) is 35.6 Å². The Morgan fingerprint density at radius 3 is 2.27 bits per heavy atom. The maximum Gasteiger partial charge on any atom is 0.226 e. The second-order valence-corrected chi connectivity index (χ2v) is 6.69. The van der Waals surface area contributed by atoms with Gasteiger partial charge in [-0.05, 0) is 24.1 Å². The number of nitrogens with one attached hydrogen (secondary N) is 2. The lowest BCUT2D eigenvalue weighted by Crippen LogP contribution is -2.37. The molecule has 2 aromatic rings. The molecule has 0 saturated carbocycles. The van der Waals surface area contributed by atoms with Gasteiger partial charge in [0.15, 0.2) is 23.3 Å². The summed E-state index contributed by atoms with van der Waals surface area (Å²) in [5.74, 6) is 4.18. The molecule has 0 bridgehead atoms. The van der Waals surface area contributed by atoms with E-state index in [-0.39, 0.29) is 29.9 Å². The SMILES string of the molecule is CN=C(NCCCc1nc(C(C)C)no1)NCc1cc(OC)c(OC)c(OC)c1.I. The van der Waals surface area contributed by atoms with E-state index in [1.165, 1.54) is 0 Å². The number of nitrogens with zero attached hydrogens (tertiary/aromatic N) is 3. The smallest absolute Gasteiger partial charge is 0.226 e. The second kappa shape index (κ2) is 13.1. The van der Waals surface area contributed by atoms with Crippen LogP contribution in [0.2, 0.25) is 0 Å². The third kappa shape index (κ3) is 7.22. The maximum atomic E-state index is 5.39. The number of ether oxygens (including phenoxy) is 3. The van der Waals surface area contributed by atoms with Crippen LogP contribution in [0.15, 0.2) is 21.6 Å². The van der Waals surface area contributed by atoms with Crippen molar-refractivity contribution in [3.8, 4) is 17.2 Å². The lowest BCUT2D eigenvalue weighted by molar-refractivity contribution is 0.323. The fourth-order valence-electron chi connectivity index (χ4n) is 2.69. The van der Waals surface area contributed by atoms with E-state index >= 15 is 0 Å². The molecule has 2 N–H and O–H groups in total. The van der Waals surface area contributed by atoms with Crippen molar-refractivity contribution >= 4 is 29.9 Å². The summed E-state index contributed by atoms with van der Waals surface area (Å²) in [5.41, 5.74) is 0.981. The lowest BCUT2D eigenvalue weighted by Gasteiger charge is -2.15. The van der Waals surface area contributed by atoms with Crippen molar-refractivity contribution in [3.63, 3.8) is 0 Å². The van der Waals surface area contributed by atoms with Gasteiger partial charge < -0.3 is 29.4 Å². The Hall–Kier alpha value is -2.24. The molecule has 168 valence electrons. The number of aromatic nitrogens is 2. The number of halogens is 1. The first-order valence-corrected chi connectivity index (χ1v) is 9.58. The van der Waals surface area contributed by atoms with Crippen LogP contribution in [0.3, 0.4) is 0 Å². The summed E-state index contributed by atoms with van der Waals surface area (Å²) >= 11 is 0. The molecule has 0 unspecified atom stereocenters. The van der Waals surface area contributed by atoms with Gasteiger partial charge in [0.1, 0.15) is 0 Å². The summed E-state index contributed by atoms with van der Waals surface area (Å²) in [5, 5.41) is 10.5. The van der Waals surface area contributed by atoms with Crippen LogP contribution in [0.5, 0.6) is 17.2 Å². The number of hydrogen-bond acceptors (Lipinski definition) is 7. The summed E-state index contributed by atoms with van der Waals surface area (Å²) < 4.78 is 21.4. The monoisotopic (exact) mass is 533 g/mol. The van der Waals surface area contributed by atoms with Gasteiger partial charge in [-0.2, -0.15) is 4.98 Å². The number of aliphatic imine (C=N–C) groups is 1. The molecule has 0 atom stereocenters. The van der Waals surface area contributed by atoms with Gasteiger partial charge in [-0.25, -0.2) is 0 Å². The average molecular weight is 533 g/mol. The molecule has 0 aliphatic carbocycles. The van der Waals surface area contributed by atoms with Gasteiger partial charge in [-0.15, -0.1) is 24.0 Å². The Morgan fingerprint density at radius 1 is 1.10 bits per heavy atom. The van der Waals surface area contributed by atoms with Gasteiger partial charge in [-0.1, -0.05) is 19.0 Å². The Bertz CT molecular complexity index is 785. The summed E-state index contributed by atoms with van der Waals surface area (Å²) in [6, 6.07) is 3.81. The van der Waals surface area contributed by atoms with Gasteiger partial charge in [0.05, 0.1) is 21.3 Å². The highest BCUT2D eigenvalue weighted by Gasteiger charge is 2.13. The maximum absolute atomic E-state index is 5.39. The predicted molar refractivity (Wildman–Crippen MR) is 126 cm³/mol. The normalized spacial score (nSPS) is 11.1. The van der Waals surface area contributed by atoms with Crippen molar-refractivity contribution in [1.29, 1.82) is 0 Å². The van der Waals surface area contributed by atoms with Crippen molar-refractivity contribution in [2.45, 2.75) is 39.2 Å². The molecule has 0 saturated heterocycles. The van der Waals surface area contributed by atoms with E-state index < -0.39 is 0 Å². The molecule has 1 aromatic heterocycles. The number of benzene rings is 1. The van der Waals surface area contributed by atoms with E-state index in [1.54, 1.807) is 28.4 Å². The fourth-order valence-corrected chi connectivity index (χ4v) is 2.69. The standard InChI is InChI=1S/C20H31N5O4.HI/c1-13(2)19-24-17(29-25-19)8-7-9-22-20(21-3)23-12-14-10-15(26-4)18(28-6)16(11-14)27-5;/h10-11,13H,7-9,12H2,1-6H3,(H2,21,22,23);1H. The summed E-state index contributed by atoms with van der Waals surface area (Å²) in [4.78, 5) is 8.63. The van der Waals surface area contributed by atoms with Gasteiger partial charge >= 0.3 is 0 Å². The zero-order valence-electron chi connectivity index (χ0n) is 18.4. The van der Waals surface area contributed by atoms with E-state index in [2.05, 4.69) is 25.8 Å². The van der Waals surface area contributed by atoms with Gasteiger partial charge in [0.2, 0.25) is 11.6 Å². The molecule has 10 heteroatoms. The number of rotatable bonds is 10. The van der Waals surface area contributed by atoms with Crippen molar-refractivity contribution < 1.29 is 18.7 Å². The van der Waals surface area contributed by atoms with Crippen molar-refractivity contribution in [3.05, 3.63) is 29.4 Å². The van der Waals surface area contributed by atoms with Crippen LogP contribution < -0.4 is 24.8 Å². The van der Waals surface area contributed by atoms with Crippen LogP contribution in [0.1, 0.15) is 43.5 Å². The molecule has 0 radical (unpaired) electrons. The summed E-state index contributed by atoms with van der Waals surface area (Å²) in [6.45, 7) is 5.37. The van der Waals surface area contributed by atoms with Gasteiger partial charge in [-0.3, -0.25) is 4.99 Å². The molecule has 0 amide bonds. The number of aryl methyl sites for hydroxylation is 1. The van der Waals surface area contributed by atoms with Crippen LogP contribution in [-0.2, 0) is 13.0 Å². The largest absolute Gasteiger partial charge is 0.493 e. The first kappa shape index (κ1) is 25.8. The van der Waals surface area contributed by atoms with E-state index in [9.17, 15) is 0 Å². The molecular formula is C20H32IN5O4. The molecule has 0 aliphatic rings. The van der Waals surface area contributed by atoms with E-state index in [0.717, 1.165) is 30.8 Å². The summed E-state index contributed by atoms with van der Waals surface area (Å²) in [7, 11) is 6.52. The fraction of sp³-hybridized carbons (Fsp3) is 0.550. The molecule has 1 aromatic carbocycles. The number of hydrogen-bond donors (Lipinski definition) is 2. The zero-order valence-corrected chi connectivity index (χ0v) is 20.8. The molecular weight excluding hydrogens is 501 g/mol. The minimum Gasteiger partial charge on any atom is -0.493 e. The first-order chi connectivity index (χ1) is 14.0. The van der Waals surface area contributed by atoms with Crippen molar-refractivity contribution in [1.82, 2.24) is 20.8 Å². The molecule has 0 aliphatic heterocycles. The molecule has 2 rings (SSSR count). The average Bonchev–Trinajstić information content (AvgIpc) is 3.21. The highest BCUT2D eigenvalue weighted by Crippen LogP contribution is 2.38. The lowest BCUT2D eigenvalue weighted by atomic mass is 10.2. The molecule has 0 spiro atoms. The Morgan fingerprint density at radius 2 is 1.77 bits per heavy atom. The van der Waals surface area contributed by atoms with Crippen LogP contribution in [-0.4, -0.2) is 51.0 Å². The Balaban J connectivity index is 0.00000450. The minimum atomic E-state index is 0. The minimum absolute atomic E-state index is 0. The zero-order chi connectivity index (χ0) is 21.2. The third-order valence-corrected chi connectivity index (χ3v) is 4.27. The highest BCUT2D eigenvalue weighted by molar-refractivity contribution is 14.0. The molecule has 0 fully saturated rings. The van der Waals surface area contributed by atoms with Crippen LogP contribution in [0, 0.1) is 0 Å². The van der Waals surface area contributed by atoms with Crippen LogP contribution in [0.25, 0.3) is 0 Å². The predicted octanol–water partition coefficient (Wildman–Crippen LogP) is 3.13. The quantitative estimate of drug-likeness (QED) is 0.208. The van der Waals surface area contributed by atoms with Gasteiger partial charge in [0.25, 0.3) is 0 Å². The number of guanidine groups is 1. The first-order valence-electron chi connectivity index (χ1n) is 9.58. The Kier molecular flexibility index (Phi) is 11.3. The van der Waals surface area contributed by atoms with E-state index in [1.807, 2.05) is 26.0 Å².